The maximum atomic E-state index is 13.3. The summed E-state index contributed by atoms with van der Waals surface area (Å²) in [5, 5.41) is 0.0786. The molecule has 0 N–H and O–H groups in total. The fourth-order valence-corrected chi connectivity index (χ4v) is 3.90. The molecule has 0 amide bonds. The van der Waals surface area contributed by atoms with Crippen molar-refractivity contribution in [1.29, 1.82) is 0 Å². The minimum absolute atomic E-state index is 0.0786. The number of carbonyl (C=O) groups is 1. The van der Waals surface area contributed by atoms with Crippen LogP contribution in [0.5, 0.6) is 0 Å². The highest BCUT2D eigenvalue weighted by molar-refractivity contribution is 8.00. The summed E-state index contributed by atoms with van der Waals surface area (Å²) in [6, 6.07) is 2.43. The van der Waals surface area contributed by atoms with E-state index in [4.69, 9.17) is 0 Å². The van der Waals surface area contributed by atoms with Crippen LogP contribution >= 0.6 is 11.8 Å². The van der Waals surface area contributed by atoms with Gasteiger partial charge < -0.3 is 4.90 Å². The van der Waals surface area contributed by atoms with Crippen LogP contribution in [0.4, 0.5) is 14.5 Å². The van der Waals surface area contributed by atoms with Crippen molar-refractivity contribution in [3.63, 3.8) is 0 Å². The summed E-state index contributed by atoms with van der Waals surface area (Å²) in [6.45, 7) is 2.04. The Bertz CT molecular complexity index is 506. The second-order valence-electron chi connectivity index (χ2n) is 4.46. The molecular formula is C12H11F2NOS. The van der Waals surface area contributed by atoms with Gasteiger partial charge in [-0.15, -0.1) is 11.8 Å². The van der Waals surface area contributed by atoms with Crippen LogP contribution in [0, 0.1) is 11.6 Å². The Morgan fingerprint density at radius 2 is 2.06 bits per heavy atom. The minimum Gasteiger partial charge on any atom is -0.355 e. The maximum absolute atomic E-state index is 13.3. The number of halogens is 2. The molecule has 0 spiro atoms. The number of hydrogen-bond acceptors (Lipinski definition) is 3. The van der Waals surface area contributed by atoms with Gasteiger partial charge in [0.15, 0.2) is 17.4 Å². The lowest BCUT2D eigenvalue weighted by atomic mass is 9.98. The number of thioether (sulfide) groups is 1. The lowest BCUT2D eigenvalue weighted by molar-refractivity contribution is 0.0976. The van der Waals surface area contributed by atoms with Crippen LogP contribution in [-0.2, 0) is 0 Å². The minimum atomic E-state index is -0.949. The van der Waals surface area contributed by atoms with Gasteiger partial charge in [-0.3, -0.25) is 4.79 Å². The number of benzene rings is 1. The van der Waals surface area contributed by atoms with Crippen molar-refractivity contribution in [2.24, 2.45) is 0 Å². The zero-order valence-corrected chi connectivity index (χ0v) is 10.1. The topological polar surface area (TPSA) is 20.3 Å². The van der Waals surface area contributed by atoms with Crippen molar-refractivity contribution in [1.82, 2.24) is 0 Å². The molecule has 5 heteroatoms. The fourth-order valence-electron chi connectivity index (χ4n) is 2.49. The van der Waals surface area contributed by atoms with Crippen LogP contribution in [0.15, 0.2) is 12.1 Å². The summed E-state index contributed by atoms with van der Waals surface area (Å²) in [5.41, 5.74) is 0.858. The first-order valence-corrected chi connectivity index (χ1v) is 6.55. The quantitative estimate of drug-likeness (QED) is 0.711. The second-order valence-corrected chi connectivity index (χ2v) is 5.67. The summed E-state index contributed by atoms with van der Waals surface area (Å²) < 4.78 is 26.5. The van der Waals surface area contributed by atoms with Gasteiger partial charge in [-0.05, 0) is 13.0 Å². The smallest absolute Gasteiger partial charge is 0.167 e. The van der Waals surface area contributed by atoms with Crippen molar-refractivity contribution in [2.45, 2.75) is 24.8 Å². The third-order valence-electron chi connectivity index (χ3n) is 3.29. The highest BCUT2D eigenvalue weighted by Gasteiger charge is 2.39. The largest absolute Gasteiger partial charge is 0.355 e. The lowest BCUT2D eigenvalue weighted by Crippen LogP contribution is -2.40. The molecule has 0 radical (unpaired) electrons. The van der Waals surface area contributed by atoms with Gasteiger partial charge in [0, 0.05) is 29.8 Å². The zero-order valence-electron chi connectivity index (χ0n) is 9.24. The van der Waals surface area contributed by atoms with Crippen LogP contribution in [0.1, 0.15) is 23.7 Å². The molecule has 1 aromatic rings. The highest BCUT2D eigenvalue weighted by atomic mass is 32.2. The van der Waals surface area contributed by atoms with E-state index in [0.29, 0.717) is 17.7 Å². The molecule has 17 heavy (non-hydrogen) atoms. The molecule has 0 bridgehead atoms. The van der Waals surface area contributed by atoms with E-state index in [9.17, 15) is 13.6 Å². The van der Waals surface area contributed by atoms with Gasteiger partial charge in [-0.2, -0.15) is 0 Å². The number of anilines is 1. The molecule has 2 atom stereocenters. The van der Waals surface area contributed by atoms with Crippen molar-refractivity contribution in [3.8, 4) is 0 Å². The van der Waals surface area contributed by atoms with Gasteiger partial charge in [-0.25, -0.2) is 8.78 Å². The molecule has 2 unspecified atom stereocenters. The van der Waals surface area contributed by atoms with Crippen molar-refractivity contribution < 1.29 is 13.6 Å². The van der Waals surface area contributed by atoms with E-state index < -0.39 is 11.6 Å². The van der Waals surface area contributed by atoms with Crippen molar-refractivity contribution in [3.05, 3.63) is 29.3 Å². The molecule has 2 nitrogen and oxygen atoms in total. The maximum Gasteiger partial charge on any atom is 0.167 e. The Kier molecular flexibility index (Phi) is 2.40. The van der Waals surface area contributed by atoms with E-state index in [1.807, 2.05) is 11.8 Å². The van der Waals surface area contributed by atoms with E-state index in [1.165, 1.54) is 0 Å². The first-order valence-electron chi connectivity index (χ1n) is 5.50. The third kappa shape index (κ3) is 1.56. The van der Waals surface area contributed by atoms with Gasteiger partial charge in [-0.1, -0.05) is 0 Å². The number of Topliss-reactive ketones (excluding diaryl/α,β-unsaturated/α-hetero) is 1. The Morgan fingerprint density at radius 1 is 1.35 bits per heavy atom. The van der Waals surface area contributed by atoms with E-state index in [0.717, 1.165) is 17.9 Å². The standard InChI is InChI=1S/C12H11F2NOS/c1-6-5-17-12-4-11(16)7-2-8(13)9(14)3-10(7)15(6)12/h2-3,6,12H,4-5H2,1H3. The zero-order chi connectivity index (χ0) is 12.2. The van der Waals surface area contributed by atoms with Crippen LogP contribution in [-0.4, -0.2) is 23.0 Å². The summed E-state index contributed by atoms with van der Waals surface area (Å²) >= 11 is 1.70. The molecule has 1 saturated heterocycles. The van der Waals surface area contributed by atoms with Crippen molar-refractivity contribution >= 4 is 23.2 Å². The van der Waals surface area contributed by atoms with E-state index in [-0.39, 0.29) is 17.2 Å². The third-order valence-corrected chi connectivity index (χ3v) is 4.75. The van der Waals surface area contributed by atoms with Crippen LogP contribution in [0.3, 0.4) is 0 Å². The van der Waals surface area contributed by atoms with E-state index >= 15 is 0 Å². The van der Waals surface area contributed by atoms with E-state index in [2.05, 4.69) is 0 Å². The predicted molar refractivity (Wildman–Crippen MR) is 63.5 cm³/mol. The first-order chi connectivity index (χ1) is 8.08. The number of nitrogens with zero attached hydrogens (tertiary/aromatic N) is 1. The summed E-state index contributed by atoms with van der Waals surface area (Å²) in [5.74, 6) is -1.02. The molecule has 90 valence electrons. The lowest BCUT2D eigenvalue weighted by Gasteiger charge is -2.34. The molecule has 0 saturated carbocycles. The SMILES string of the molecule is CC1CSC2CC(=O)c3cc(F)c(F)cc3N12. The average Bonchev–Trinajstić information content (AvgIpc) is 2.63. The second kappa shape index (κ2) is 3.70. The Labute approximate surface area is 102 Å². The van der Waals surface area contributed by atoms with Gasteiger partial charge in [0.05, 0.1) is 11.1 Å². The normalized spacial score (nSPS) is 27.0. The van der Waals surface area contributed by atoms with Gasteiger partial charge in [0.1, 0.15) is 0 Å². The van der Waals surface area contributed by atoms with Crippen LogP contribution < -0.4 is 4.90 Å². The number of ketones is 1. The number of hydrogen-bond donors (Lipinski definition) is 0. The molecule has 2 aliphatic heterocycles. The number of rotatable bonds is 0. The molecule has 3 rings (SSSR count). The highest BCUT2D eigenvalue weighted by Crippen LogP contribution is 2.42. The molecule has 2 aliphatic rings. The summed E-state index contributed by atoms with van der Waals surface area (Å²) in [7, 11) is 0. The predicted octanol–water partition coefficient (Wildman–Crippen LogP) is 2.82. The van der Waals surface area contributed by atoms with Gasteiger partial charge in [0.25, 0.3) is 0 Å². The monoisotopic (exact) mass is 255 g/mol. The van der Waals surface area contributed by atoms with Gasteiger partial charge >= 0.3 is 0 Å². The first kappa shape index (κ1) is 11.0. The molecule has 0 aliphatic carbocycles. The van der Waals surface area contributed by atoms with Gasteiger partial charge in [0.2, 0.25) is 0 Å². The molecule has 1 aromatic carbocycles. The average molecular weight is 255 g/mol. The molecule has 1 fully saturated rings. The number of fused-ring (bicyclic) bond motifs is 3. The van der Waals surface area contributed by atoms with Crippen molar-refractivity contribution in [2.75, 3.05) is 10.7 Å². The van der Waals surface area contributed by atoms with Crippen LogP contribution in [0.2, 0.25) is 0 Å². The fraction of sp³-hybridized carbons (Fsp3) is 0.417. The number of carbonyl (C=O) groups excluding carboxylic acids is 1. The molecule has 0 aromatic heterocycles. The summed E-state index contributed by atoms with van der Waals surface area (Å²) in [6.07, 6.45) is 0.382. The Balaban J connectivity index is 2.18. The van der Waals surface area contributed by atoms with Crippen LogP contribution in [0.25, 0.3) is 0 Å². The Hall–Kier alpha value is -1.10. The Morgan fingerprint density at radius 3 is 2.82 bits per heavy atom. The molecular weight excluding hydrogens is 244 g/mol. The van der Waals surface area contributed by atoms with E-state index in [1.54, 1.807) is 11.8 Å². The molecule has 2 heterocycles. The summed E-state index contributed by atoms with van der Waals surface area (Å²) in [4.78, 5) is 13.9.